The summed E-state index contributed by atoms with van der Waals surface area (Å²) in [6, 6.07) is 0. The Kier molecular flexibility index (Phi) is 4.16. The molecule has 0 radical (unpaired) electrons. The predicted molar refractivity (Wildman–Crippen MR) is 72.4 cm³/mol. The molecule has 19 heavy (non-hydrogen) atoms. The van der Waals surface area contributed by atoms with Crippen molar-refractivity contribution in [3.05, 3.63) is 33.7 Å². The molecule has 0 aromatic carbocycles. The lowest BCUT2D eigenvalue weighted by Gasteiger charge is -2.08. The Labute approximate surface area is 115 Å². The summed E-state index contributed by atoms with van der Waals surface area (Å²) in [5.41, 5.74) is 0.256. The zero-order valence-corrected chi connectivity index (χ0v) is 11.6. The highest BCUT2D eigenvalue weighted by Crippen LogP contribution is 2.14. The van der Waals surface area contributed by atoms with Gasteiger partial charge in [0.1, 0.15) is 17.2 Å². The quantitative estimate of drug-likeness (QED) is 0.873. The van der Waals surface area contributed by atoms with Crippen LogP contribution in [0.5, 0.6) is 0 Å². The first-order chi connectivity index (χ1) is 9.13. The summed E-state index contributed by atoms with van der Waals surface area (Å²) in [4.78, 5) is 11.8. The third kappa shape index (κ3) is 2.93. The monoisotopic (exact) mass is 282 g/mol. The summed E-state index contributed by atoms with van der Waals surface area (Å²) < 4.78 is 3.16. The van der Waals surface area contributed by atoms with Crippen LogP contribution in [0.15, 0.2) is 17.3 Å². The van der Waals surface area contributed by atoms with Crippen LogP contribution in [0.4, 0.5) is 5.69 Å². The van der Waals surface area contributed by atoms with E-state index >= 15 is 0 Å². The molecule has 0 fully saturated rings. The maximum Gasteiger partial charge on any atom is 0.287 e. The topological polar surface area (TPSA) is 77.6 Å². The molecule has 0 bridgehead atoms. The number of anilines is 1. The van der Waals surface area contributed by atoms with Crippen LogP contribution in [0.25, 0.3) is 0 Å². The summed E-state index contributed by atoms with van der Waals surface area (Å²) in [6.45, 7) is 2.94. The van der Waals surface area contributed by atoms with Gasteiger partial charge in [0.25, 0.3) is 5.56 Å². The fourth-order valence-corrected chi connectivity index (χ4v) is 1.87. The van der Waals surface area contributed by atoms with Gasteiger partial charge in [-0.2, -0.15) is 5.10 Å². The summed E-state index contributed by atoms with van der Waals surface area (Å²) >= 11 is 6.00. The first-order valence-electron chi connectivity index (χ1n) is 5.95. The third-order valence-corrected chi connectivity index (χ3v) is 3.12. The van der Waals surface area contributed by atoms with Gasteiger partial charge in [-0.15, -0.1) is 10.2 Å². The van der Waals surface area contributed by atoms with E-state index in [9.17, 15) is 4.79 Å². The highest BCUT2D eigenvalue weighted by molar-refractivity contribution is 6.32. The number of aryl methyl sites for hydroxylation is 2. The van der Waals surface area contributed by atoms with Crippen molar-refractivity contribution in [2.75, 3.05) is 11.9 Å². The second kappa shape index (κ2) is 5.83. The van der Waals surface area contributed by atoms with Crippen molar-refractivity contribution in [1.82, 2.24) is 24.5 Å². The number of halogens is 1. The van der Waals surface area contributed by atoms with E-state index in [1.54, 1.807) is 12.5 Å². The largest absolute Gasteiger partial charge is 0.382 e. The Bertz CT molecular complexity index is 620. The van der Waals surface area contributed by atoms with Crippen LogP contribution in [0, 0.1) is 0 Å². The zero-order valence-electron chi connectivity index (χ0n) is 10.8. The standard InChI is InChI=1S/C11H15ClN6O/c1-3-18-11(19)10(12)8(6-15-18)13-5-4-9-16-14-7-17(9)2/h6-7,13H,3-5H2,1-2H3. The second-order valence-corrected chi connectivity index (χ2v) is 4.41. The van der Waals surface area contributed by atoms with E-state index in [1.807, 2.05) is 18.5 Å². The molecular weight excluding hydrogens is 268 g/mol. The SMILES string of the molecule is CCn1ncc(NCCc2nncn2C)c(Cl)c1=O. The van der Waals surface area contributed by atoms with E-state index in [2.05, 4.69) is 20.6 Å². The van der Waals surface area contributed by atoms with Gasteiger partial charge in [0, 0.05) is 26.6 Å². The molecule has 0 spiro atoms. The van der Waals surface area contributed by atoms with Crippen molar-refractivity contribution in [3.8, 4) is 0 Å². The molecule has 8 heteroatoms. The van der Waals surface area contributed by atoms with Crippen LogP contribution in [-0.4, -0.2) is 31.1 Å². The minimum atomic E-state index is -0.284. The van der Waals surface area contributed by atoms with Crippen molar-refractivity contribution in [3.63, 3.8) is 0 Å². The molecule has 2 aromatic rings. The molecular formula is C11H15ClN6O. The molecule has 0 aliphatic rings. The molecule has 0 atom stereocenters. The number of hydrogen-bond donors (Lipinski definition) is 1. The highest BCUT2D eigenvalue weighted by atomic mass is 35.5. The minimum Gasteiger partial charge on any atom is -0.382 e. The molecule has 2 rings (SSSR count). The molecule has 0 saturated carbocycles. The van der Waals surface area contributed by atoms with Crippen molar-refractivity contribution in [1.29, 1.82) is 0 Å². The van der Waals surface area contributed by atoms with Crippen LogP contribution in [0.2, 0.25) is 5.02 Å². The molecule has 2 heterocycles. The molecule has 0 aliphatic carbocycles. The normalized spacial score (nSPS) is 10.7. The van der Waals surface area contributed by atoms with E-state index in [1.165, 1.54) is 4.68 Å². The maximum absolute atomic E-state index is 11.8. The van der Waals surface area contributed by atoms with Gasteiger partial charge < -0.3 is 9.88 Å². The molecule has 0 amide bonds. The fourth-order valence-electron chi connectivity index (χ4n) is 1.66. The summed E-state index contributed by atoms with van der Waals surface area (Å²) in [6.07, 6.45) is 3.89. The summed E-state index contributed by atoms with van der Waals surface area (Å²) in [5, 5.41) is 15.0. The summed E-state index contributed by atoms with van der Waals surface area (Å²) in [5.74, 6) is 0.860. The fraction of sp³-hybridized carbons (Fsp3) is 0.455. The van der Waals surface area contributed by atoms with Gasteiger partial charge in [-0.3, -0.25) is 4.79 Å². The Hall–Kier alpha value is -1.89. The lowest BCUT2D eigenvalue weighted by atomic mass is 10.3. The Morgan fingerprint density at radius 2 is 2.26 bits per heavy atom. The first kappa shape index (κ1) is 13.5. The Balaban J connectivity index is 2.02. The average molecular weight is 283 g/mol. The van der Waals surface area contributed by atoms with Gasteiger partial charge in [0.2, 0.25) is 0 Å². The minimum absolute atomic E-state index is 0.162. The number of nitrogens with zero attached hydrogens (tertiary/aromatic N) is 5. The predicted octanol–water partition coefficient (Wildman–Crippen LogP) is 0.700. The summed E-state index contributed by atoms with van der Waals surface area (Å²) in [7, 11) is 1.88. The molecule has 0 saturated heterocycles. The number of rotatable bonds is 5. The van der Waals surface area contributed by atoms with Gasteiger partial charge in [0.05, 0.1) is 11.9 Å². The second-order valence-electron chi connectivity index (χ2n) is 4.03. The van der Waals surface area contributed by atoms with E-state index in [-0.39, 0.29) is 10.6 Å². The van der Waals surface area contributed by atoms with E-state index in [0.717, 1.165) is 5.82 Å². The average Bonchev–Trinajstić information content (AvgIpc) is 2.81. The number of hydrogen-bond acceptors (Lipinski definition) is 5. The highest BCUT2D eigenvalue weighted by Gasteiger charge is 2.08. The van der Waals surface area contributed by atoms with Crippen LogP contribution in [-0.2, 0) is 20.0 Å². The van der Waals surface area contributed by atoms with Gasteiger partial charge in [-0.25, -0.2) is 4.68 Å². The van der Waals surface area contributed by atoms with Gasteiger partial charge in [-0.05, 0) is 6.92 Å². The lowest BCUT2D eigenvalue weighted by Crippen LogP contribution is -2.23. The van der Waals surface area contributed by atoms with Crippen molar-refractivity contribution in [2.24, 2.45) is 7.05 Å². The Morgan fingerprint density at radius 3 is 2.89 bits per heavy atom. The van der Waals surface area contributed by atoms with Gasteiger partial charge in [0.15, 0.2) is 0 Å². The molecule has 102 valence electrons. The molecule has 7 nitrogen and oxygen atoms in total. The van der Waals surface area contributed by atoms with Crippen LogP contribution < -0.4 is 10.9 Å². The van der Waals surface area contributed by atoms with Crippen LogP contribution in [0.1, 0.15) is 12.7 Å². The zero-order chi connectivity index (χ0) is 13.8. The molecule has 0 aliphatic heterocycles. The van der Waals surface area contributed by atoms with E-state index in [4.69, 9.17) is 11.6 Å². The first-order valence-corrected chi connectivity index (χ1v) is 6.33. The third-order valence-electron chi connectivity index (χ3n) is 2.75. The van der Waals surface area contributed by atoms with E-state index in [0.29, 0.717) is 25.2 Å². The molecule has 2 aromatic heterocycles. The van der Waals surface area contributed by atoms with Crippen LogP contribution >= 0.6 is 11.6 Å². The van der Waals surface area contributed by atoms with Crippen molar-refractivity contribution >= 4 is 17.3 Å². The smallest absolute Gasteiger partial charge is 0.287 e. The van der Waals surface area contributed by atoms with Crippen LogP contribution in [0.3, 0.4) is 0 Å². The lowest BCUT2D eigenvalue weighted by molar-refractivity contribution is 0.616. The van der Waals surface area contributed by atoms with Crippen molar-refractivity contribution in [2.45, 2.75) is 19.9 Å². The molecule has 1 N–H and O–H groups in total. The van der Waals surface area contributed by atoms with Gasteiger partial charge >= 0.3 is 0 Å². The molecule has 0 unspecified atom stereocenters. The van der Waals surface area contributed by atoms with Gasteiger partial charge in [-0.1, -0.05) is 11.6 Å². The Morgan fingerprint density at radius 1 is 1.47 bits per heavy atom. The maximum atomic E-state index is 11.8. The van der Waals surface area contributed by atoms with Crippen molar-refractivity contribution < 1.29 is 0 Å². The number of aromatic nitrogens is 5. The van der Waals surface area contributed by atoms with E-state index < -0.39 is 0 Å². The number of nitrogens with one attached hydrogen (secondary N) is 1.